The lowest BCUT2D eigenvalue weighted by molar-refractivity contribution is -0.242. The Balaban J connectivity index is 3.06. The number of amides is 1. The summed E-state index contributed by atoms with van der Waals surface area (Å²) in [6, 6.07) is 2.74. The Bertz CT molecular complexity index is 751. The molecule has 4 N–H and O–H groups in total. The van der Waals surface area contributed by atoms with Crippen LogP contribution in [0.15, 0.2) is 23.1 Å². The maximum atomic E-state index is 12.6. The average Bonchev–Trinajstić information content (AvgIpc) is 2.47. The number of carbonyl (C=O) groups is 1. The van der Waals surface area contributed by atoms with E-state index in [0.717, 1.165) is 18.2 Å². The molecule has 7 nitrogen and oxygen atoms in total. The number of nitrogens with one attached hydrogen (secondary N) is 1. The van der Waals surface area contributed by atoms with Gasteiger partial charge >= 0.3 is 6.18 Å². The number of sulfone groups is 1. The van der Waals surface area contributed by atoms with Gasteiger partial charge in [0.15, 0.2) is 9.84 Å². The fourth-order valence-electron chi connectivity index (χ4n) is 1.57. The van der Waals surface area contributed by atoms with Crippen LogP contribution < -0.4 is 5.32 Å². The van der Waals surface area contributed by atoms with Gasteiger partial charge < -0.3 is 20.6 Å². The molecular formula is C13H15ClF3NO6S. The highest BCUT2D eigenvalue weighted by atomic mass is 35.5. The molecule has 1 aromatic carbocycles. The molecule has 1 aromatic rings. The molecule has 1 rings (SSSR count). The molecule has 0 fully saturated rings. The van der Waals surface area contributed by atoms with E-state index in [1.54, 1.807) is 5.32 Å². The van der Waals surface area contributed by atoms with Crippen molar-refractivity contribution >= 4 is 33.0 Å². The number of hydrogen-bond donors (Lipinski definition) is 4. The SMILES string of the molecule is C[C@@](O)(C(=O)Nc1ccc(S(=O)(=O)CC(O)CO)cc1Cl)C(F)(F)F. The Hall–Kier alpha value is -1.40. The summed E-state index contributed by atoms with van der Waals surface area (Å²) in [5, 5.41) is 28.5. The zero-order chi connectivity index (χ0) is 19.6. The summed E-state index contributed by atoms with van der Waals surface area (Å²) in [7, 11) is -4.03. The molecule has 0 saturated carbocycles. The molecule has 0 aliphatic carbocycles. The van der Waals surface area contributed by atoms with Gasteiger partial charge in [-0.25, -0.2) is 8.42 Å². The second kappa shape index (κ2) is 7.46. The van der Waals surface area contributed by atoms with E-state index in [4.69, 9.17) is 16.7 Å². The van der Waals surface area contributed by atoms with Crippen LogP contribution in [0.4, 0.5) is 18.9 Å². The van der Waals surface area contributed by atoms with Gasteiger partial charge in [0.25, 0.3) is 5.91 Å². The van der Waals surface area contributed by atoms with E-state index < -0.39 is 51.0 Å². The number of hydrogen-bond acceptors (Lipinski definition) is 6. The standard InChI is InChI=1S/C13H15ClF3NO6S/c1-12(22,13(15,16)17)11(21)18-10-3-2-8(4-9(10)14)25(23,24)6-7(20)5-19/h2-4,7,19-20,22H,5-6H2,1H3,(H,18,21)/t7?,12-/m1/s1. The highest BCUT2D eigenvalue weighted by Crippen LogP contribution is 2.32. The number of benzene rings is 1. The largest absolute Gasteiger partial charge is 0.426 e. The van der Waals surface area contributed by atoms with Crippen molar-refractivity contribution in [2.75, 3.05) is 17.7 Å². The molecule has 0 radical (unpaired) electrons. The quantitative estimate of drug-likeness (QED) is 0.553. The van der Waals surface area contributed by atoms with Crippen LogP contribution in [-0.4, -0.2) is 59.9 Å². The Labute approximate surface area is 146 Å². The lowest BCUT2D eigenvalue weighted by atomic mass is 10.1. The number of rotatable bonds is 6. The summed E-state index contributed by atoms with van der Waals surface area (Å²) in [5.74, 6) is -2.60. The molecule has 0 spiro atoms. The molecule has 0 aromatic heterocycles. The number of alkyl halides is 3. The van der Waals surface area contributed by atoms with Gasteiger partial charge in [-0.15, -0.1) is 0 Å². The molecule has 0 heterocycles. The summed E-state index contributed by atoms with van der Waals surface area (Å²) in [6.07, 6.45) is -6.75. The van der Waals surface area contributed by atoms with Gasteiger partial charge in [-0.05, 0) is 25.1 Å². The molecular weight excluding hydrogens is 391 g/mol. The highest BCUT2D eigenvalue weighted by molar-refractivity contribution is 7.91. The fourth-order valence-corrected chi connectivity index (χ4v) is 3.24. The van der Waals surface area contributed by atoms with Crippen molar-refractivity contribution in [2.24, 2.45) is 0 Å². The topological polar surface area (TPSA) is 124 Å². The van der Waals surface area contributed by atoms with Crippen LogP contribution >= 0.6 is 11.6 Å². The fraction of sp³-hybridized carbons (Fsp3) is 0.462. The van der Waals surface area contributed by atoms with E-state index in [0.29, 0.717) is 0 Å². The van der Waals surface area contributed by atoms with E-state index in [9.17, 15) is 36.6 Å². The second-order valence-corrected chi connectivity index (χ2v) is 7.72. The van der Waals surface area contributed by atoms with Gasteiger partial charge in [0.2, 0.25) is 5.60 Å². The van der Waals surface area contributed by atoms with Crippen molar-refractivity contribution in [3.63, 3.8) is 0 Å². The molecule has 1 amide bonds. The van der Waals surface area contributed by atoms with E-state index in [-0.39, 0.29) is 17.5 Å². The van der Waals surface area contributed by atoms with Crippen molar-refractivity contribution in [1.82, 2.24) is 0 Å². The van der Waals surface area contributed by atoms with Gasteiger partial charge in [0, 0.05) is 0 Å². The van der Waals surface area contributed by atoms with Gasteiger partial charge in [0.05, 0.1) is 34.1 Å². The van der Waals surface area contributed by atoms with Crippen LogP contribution in [0.25, 0.3) is 0 Å². The van der Waals surface area contributed by atoms with Gasteiger partial charge in [-0.2, -0.15) is 13.2 Å². The molecule has 0 bridgehead atoms. The van der Waals surface area contributed by atoms with Crippen LogP contribution in [0, 0.1) is 0 Å². The maximum Gasteiger partial charge on any atom is 0.426 e. The first-order valence-electron chi connectivity index (χ1n) is 6.64. The van der Waals surface area contributed by atoms with Crippen molar-refractivity contribution in [3.05, 3.63) is 23.2 Å². The molecule has 25 heavy (non-hydrogen) atoms. The molecule has 0 aliphatic rings. The van der Waals surface area contributed by atoms with E-state index in [1.165, 1.54) is 0 Å². The van der Waals surface area contributed by atoms with Crippen molar-refractivity contribution in [2.45, 2.75) is 29.7 Å². The number of aliphatic hydroxyl groups excluding tert-OH is 2. The Morgan fingerprint density at radius 2 is 1.92 bits per heavy atom. The number of anilines is 1. The smallest absolute Gasteiger partial charge is 0.394 e. The third-order valence-corrected chi connectivity index (χ3v) is 5.27. The first-order valence-corrected chi connectivity index (χ1v) is 8.67. The molecule has 0 aliphatic heterocycles. The molecule has 1 unspecified atom stereocenters. The van der Waals surface area contributed by atoms with E-state index >= 15 is 0 Å². The summed E-state index contributed by atoms with van der Waals surface area (Å²) >= 11 is 5.76. The lowest BCUT2D eigenvalue weighted by Gasteiger charge is -2.25. The normalized spacial score (nSPS) is 16.2. The summed E-state index contributed by atoms with van der Waals surface area (Å²) in [5.41, 5.74) is -4.02. The Kier molecular flexibility index (Phi) is 6.46. The Morgan fingerprint density at radius 1 is 1.36 bits per heavy atom. The zero-order valence-electron chi connectivity index (χ0n) is 12.7. The molecule has 12 heteroatoms. The summed E-state index contributed by atoms with van der Waals surface area (Å²) in [4.78, 5) is 11.2. The summed E-state index contributed by atoms with van der Waals surface area (Å²) in [6.45, 7) is -0.529. The minimum atomic E-state index is -5.23. The third kappa shape index (κ3) is 5.05. The van der Waals surface area contributed by atoms with Gasteiger partial charge in [-0.3, -0.25) is 4.79 Å². The number of carbonyl (C=O) groups excluding carboxylic acids is 1. The minimum absolute atomic E-state index is 0.255. The monoisotopic (exact) mass is 405 g/mol. The average molecular weight is 406 g/mol. The van der Waals surface area contributed by atoms with Crippen molar-refractivity contribution in [3.8, 4) is 0 Å². The maximum absolute atomic E-state index is 12.6. The van der Waals surface area contributed by atoms with Crippen LogP contribution in [0.1, 0.15) is 6.92 Å². The molecule has 0 saturated heterocycles. The van der Waals surface area contributed by atoms with E-state index in [1.807, 2.05) is 0 Å². The number of halogens is 4. The molecule has 142 valence electrons. The molecule has 2 atom stereocenters. The predicted molar refractivity (Wildman–Crippen MR) is 81.9 cm³/mol. The number of aliphatic hydroxyl groups is 3. The lowest BCUT2D eigenvalue weighted by Crippen LogP contribution is -2.52. The van der Waals surface area contributed by atoms with Crippen molar-refractivity contribution in [1.29, 1.82) is 0 Å². The minimum Gasteiger partial charge on any atom is -0.394 e. The first kappa shape index (κ1) is 21.6. The predicted octanol–water partition coefficient (Wildman–Crippen LogP) is 0.719. The van der Waals surface area contributed by atoms with Crippen LogP contribution in [0.2, 0.25) is 5.02 Å². The van der Waals surface area contributed by atoms with Gasteiger partial charge in [-0.1, -0.05) is 11.6 Å². The first-order chi connectivity index (χ1) is 11.2. The van der Waals surface area contributed by atoms with Crippen molar-refractivity contribution < 1.29 is 41.7 Å². The van der Waals surface area contributed by atoms with E-state index in [2.05, 4.69) is 0 Å². The Morgan fingerprint density at radius 3 is 2.36 bits per heavy atom. The van der Waals surface area contributed by atoms with Crippen LogP contribution in [-0.2, 0) is 14.6 Å². The summed E-state index contributed by atoms with van der Waals surface area (Å²) < 4.78 is 61.7. The highest BCUT2D eigenvalue weighted by Gasteiger charge is 2.55. The van der Waals surface area contributed by atoms with Gasteiger partial charge in [0.1, 0.15) is 0 Å². The van der Waals surface area contributed by atoms with Crippen LogP contribution in [0.5, 0.6) is 0 Å². The zero-order valence-corrected chi connectivity index (χ0v) is 14.3. The third-order valence-electron chi connectivity index (χ3n) is 3.16. The second-order valence-electron chi connectivity index (χ2n) is 5.28. The van der Waals surface area contributed by atoms with Crippen LogP contribution in [0.3, 0.4) is 0 Å².